The van der Waals surface area contributed by atoms with E-state index in [1.54, 1.807) is 30.1 Å². The first kappa shape index (κ1) is 18.0. The van der Waals surface area contributed by atoms with Crippen molar-refractivity contribution in [3.63, 3.8) is 0 Å². The van der Waals surface area contributed by atoms with Crippen LogP contribution in [0.25, 0.3) is 5.82 Å². The minimum Gasteiger partial charge on any atom is -0.356 e. The Morgan fingerprint density at radius 1 is 1.21 bits per heavy atom. The summed E-state index contributed by atoms with van der Waals surface area (Å²) in [5.74, 6) is 0.703. The minimum absolute atomic E-state index is 0.112. The molecule has 2 aromatic heterocycles. The molecule has 1 aliphatic heterocycles. The van der Waals surface area contributed by atoms with Crippen LogP contribution in [0, 0.1) is 18.7 Å². The van der Waals surface area contributed by atoms with E-state index in [-0.39, 0.29) is 17.6 Å². The standard InChI is InChI=1S/C19H20FN7O/c1-13-4-5-15(7-16(13)20)25-19(28)14-3-2-6-26(9-14)17-8-18(23-11-22-17)27-12-21-10-24-27/h4-5,7-8,10-12,14H,2-3,6,9H2,1H3,(H,25,28). The summed E-state index contributed by atoms with van der Waals surface area (Å²) in [6, 6.07) is 6.55. The molecule has 144 valence electrons. The van der Waals surface area contributed by atoms with Gasteiger partial charge in [0, 0.05) is 24.8 Å². The van der Waals surface area contributed by atoms with Crippen LogP contribution in [0.1, 0.15) is 18.4 Å². The fourth-order valence-electron chi connectivity index (χ4n) is 3.28. The molecule has 0 radical (unpaired) electrons. The second-order valence-electron chi connectivity index (χ2n) is 6.81. The maximum absolute atomic E-state index is 13.7. The van der Waals surface area contributed by atoms with Gasteiger partial charge in [-0.2, -0.15) is 5.10 Å². The van der Waals surface area contributed by atoms with Crippen molar-refractivity contribution in [1.29, 1.82) is 0 Å². The van der Waals surface area contributed by atoms with Crippen LogP contribution < -0.4 is 10.2 Å². The van der Waals surface area contributed by atoms with Crippen molar-refractivity contribution in [1.82, 2.24) is 24.7 Å². The fourth-order valence-corrected chi connectivity index (χ4v) is 3.28. The van der Waals surface area contributed by atoms with Gasteiger partial charge in [0.05, 0.1) is 5.92 Å². The van der Waals surface area contributed by atoms with Crippen LogP contribution in [-0.2, 0) is 4.79 Å². The molecule has 3 aromatic rings. The first-order valence-electron chi connectivity index (χ1n) is 9.09. The van der Waals surface area contributed by atoms with Crippen LogP contribution in [-0.4, -0.2) is 43.7 Å². The zero-order valence-corrected chi connectivity index (χ0v) is 15.4. The van der Waals surface area contributed by atoms with E-state index in [1.165, 1.54) is 18.7 Å². The zero-order valence-electron chi connectivity index (χ0n) is 15.4. The van der Waals surface area contributed by atoms with Gasteiger partial charge in [-0.05, 0) is 37.5 Å². The summed E-state index contributed by atoms with van der Waals surface area (Å²) >= 11 is 0. The third-order valence-corrected chi connectivity index (χ3v) is 4.85. The normalized spacial score (nSPS) is 16.8. The molecule has 0 bridgehead atoms. The summed E-state index contributed by atoms with van der Waals surface area (Å²) in [5, 5.41) is 6.90. The highest BCUT2D eigenvalue weighted by Gasteiger charge is 2.27. The number of nitrogens with one attached hydrogen (secondary N) is 1. The SMILES string of the molecule is Cc1ccc(NC(=O)C2CCCN(c3cc(-n4cncn4)ncn3)C2)cc1F. The van der Waals surface area contributed by atoms with E-state index < -0.39 is 0 Å². The molecule has 0 saturated carbocycles. The Hall–Kier alpha value is -3.36. The Balaban J connectivity index is 1.46. The van der Waals surface area contributed by atoms with Gasteiger partial charge in [0.2, 0.25) is 5.91 Å². The molecule has 8 nitrogen and oxygen atoms in total. The lowest BCUT2D eigenvalue weighted by Crippen LogP contribution is -2.41. The van der Waals surface area contributed by atoms with Gasteiger partial charge < -0.3 is 10.2 Å². The lowest BCUT2D eigenvalue weighted by molar-refractivity contribution is -0.120. The van der Waals surface area contributed by atoms with Gasteiger partial charge in [-0.3, -0.25) is 4.79 Å². The number of carbonyl (C=O) groups excluding carboxylic acids is 1. The van der Waals surface area contributed by atoms with Crippen molar-refractivity contribution >= 4 is 17.4 Å². The van der Waals surface area contributed by atoms with Crippen LogP contribution in [0.5, 0.6) is 0 Å². The average Bonchev–Trinajstić information content (AvgIpc) is 3.26. The summed E-state index contributed by atoms with van der Waals surface area (Å²) in [5.41, 5.74) is 1.02. The smallest absolute Gasteiger partial charge is 0.229 e. The van der Waals surface area contributed by atoms with E-state index >= 15 is 0 Å². The molecule has 1 fully saturated rings. The van der Waals surface area contributed by atoms with E-state index in [2.05, 4.69) is 30.3 Å². The lowest BCUT2D eigenvalue weighted by atomic mass is 9.97. The quantitative estimate of drug-likeness (QED) is 0.746. The lowest BCUT2D eigenvalue weighted by Gasteiger charge is -2.32. The number of nitrogens with zero attached hydrogens (tertiary/aromatic N) is 6. The van der Waals surface area contributed by atoms with Crippen molar-refractivity contribution in [3.8, 4) is 5.82 Å². The van der Waals surface area contributed by atoms with Crippen molar-refractivity contribution in [2.75, 3.05) is 23.3 Å². The number of hydrogen-bond donors (Lipinski definition) is 1. The van der Waals surface area contributed by atoms with E-state index in [9.17, 15) is 9.18 Å². The average molecular weight is 381 g/mol. The third-order valence-electron chi connectivity index (χ3n) is 4.85. The Morgan fingerprint density at radius 3 is 2.86 bits per heavy atom. The molecule has 1 amide bonds. The van der Waals surface area contributed by atoms with Gasteiger partial charge in [-0.1, -0.05) is 6.07 Å². The minimum atomic E-state index is -0.329. The monoisotopic (exact) mass is 381 g/mol. The maximum atomic E-state index is 13.7. The van der Waals surface area contributed by atoms with Crippen LogP contribution in [0.2, 0.25) is 0 Å². The number of amides is 1. The summed E-state index contributed by atoms with van der Waals surface area (Å²) in [6.45, 7) is 3.03. The second-order valence-corrected chi connectivity index (χ2v) is 6.81. The molecule has 9 heteroatoms. The molecular formula is C19H20FN7O. The van der Waals surface area contributed by atoms with Crippen LogP contribution in [0.3, 0.4) is 0 Å². The summed E-state index contributed by atoms with van der Waals surface area (Å²) in [4.78, 5) is 27.2. The predicted octanol–water partition coefficient (Wildman–Crippen LogP) is 2.36. The molecule has 1 N–H and O–H groups in total. The van der Waals surface area contributed by atoms with Gasteiger partial charge in [0.1, 0.15) is 30.6 Å². The summed E-state index contributed by atoms with van der Waals surface area (Å²) in [6.07, 6.45) is 6.13. The Morgan fingerprint density at radius 2 is 2.07 bits per heavy atom. The molecule has 0 spiro atoms. The van der Waals surface area contributed by atoms with Crippen molar-refractivity contribution < 1.29 is 9.18 Å². The van der Waals surface area contributed by atoms with Gasteiger partial charge >= 0.3 is 0 Å². The van der Waals surface area contributed by atoms with Crippen LogP contribution in [0.15, 0.2) is 43.2 Å². The van der Waals surface area contributed by atoms with Gasteiger partial charge in [-0.25, -0.2) is 24.0 Å². The number of rotatable bonds is 4. The molecule has 1 saturated heterocycles. The predicted molar refractivity (Wildman–Crippen MR) is 102 cm³/mol. The molecular weight excluding hydrogens is 361 g/mol. The molecule has 1 atom stereocenters. The molecule has 1 unspecified atom stereocenters. The first-order valence-corrected chi connectivity index (χ1v) is 9.09. The summed E-state index contributed by atoms with van der Waals surface area (Å²) in [7, 11) is 0. The second kappa shape index (κ2) is 7.71. The number of anilines is 2. The number of hydrogen-bond acceptors (Lipinski definition) is 6. The molecule has 0 aliphatic carbocycles. The van der Waals surface area contributed by atoms with Crippen molar-refractivity contribution in [2.24, 2.45) is 5.92 Å². The van der Waals surface area contributed by atoms with E-state index in [1.807, 2.05) is 6.07 Å². The Bertz CT molecular complexity index is 976. The van der Waals surface area contributed by atoms with E-state index in [0.29, 0.717) is 23.6 Å². The third kappa shape index (κ3) is 3.83. The zero-order chi connectivity index (χ0) is 19.5. The van der Waals surface area contributed by atoms with E-state index in [0.717, 1.165) is 25.2 Å². The Labute approximate surface area is 161 Å². The van der Waals surface area contributed by atoms with E-state index in [4.69, 9.17) is 0 Å². The van der Waals surface area contributed by atoms with Crippen LogP contribution in [0.4, 0.5) is 15.9 Å². The first-order chi connectivity index (χ1) is 13.6. The van der Waals surface area contributed by atoms with Crippen LogP contribution >= 0.6 is 0 Å². The molecule has 3 heterocycles. The van der Waals surface area contributed by atoms with Gasteiger partial charge in [0.15, 0.2) is 5.82 Å². The Kier molecular flexibility index (Phi) is 4.96. The number of carbonyl (C=O) groups is 1. The molecule has 4 rings (SSSR count). The molecule has 1 aliphatic rings. The largest absolute Gasteiger partial charge is 0.356 e. The highest BCUT2D eigenvalue weighted by atomic mass is 19.1. The fraction of sp³-hybridized carbons (Fsp3) is 0.316. The highest BCUT2D eigenvalue weighted by molar-refractivity contribution is 5.93. The molecule has 28 heavy (non-hydrogen) atoms. The van der Waals surface area contributed by atoms with Gasteiger partial charge in [-0.15, -0.1) is 0 Å². The number of aromatic nitrogens is 5. The van der Waals surface area contributed by atoms with Crippen molar-refractivity contribution in [3.05, 3.63) is 54.6 Å². The topological polar surface area (TPSA) is 88.8 Å². The summed E-state index contributed by atoms with van der Waals surface area (Å²) < 4.78 is 15.3. The number of benzene rings is 1. The van der Waals surface area contributed by atoms with Crippen molar-refractivity contribution in [2.45, 2.75) is 19.8 Å². The number of halogens is 1. The number of piperidine rings is 1. The molecule has 1 aromatic carbocycles. The number of aryl methyl sites for hydroxylation is 1. The van der Waals surface area contributed by atoms with Gasteiger partial charge in [0.25, 0.3) is 0 Å². The highest BCUT2D eigenvalue weighted by Crippen LogP contribution is 2.24. The maximum Gasteiger partial charge on any atom is 0.229 e.